The minimum Gasteiger partial charge on any atom is -0.849 e. The fourth-order valence-electron chi connectivity index (χ4n) is 3.04. The first-order valence-electron chi connectivity index (χ1n) is 8.10. The molecule has 6 heteroatoms. The van der Waals surface area contributed by atoms with Crippen LogP contribution in [0.5, 0.6) is 0 Å². The van der Waals surface area contributed by atoms with E-state index in [1.165, 1.54) is 0 Å². The van der Waals surface area contributed by atoms with Crippen molar-refractivity contribution in [2.24, 2.45) is 0 Å². The second-order valence-corrected chi connectivity index (χ2v) is 8.38. The topological polar surface area (TPSA) is 73.3 Å². The van der Waals surface area contributed by atoms with Crippen molar-refractivity contribution in [3.05, 3.63) is 59.8 Å². The molecule has 5 nitrogen and oxygen atoms in total. The van der Waals surface area contributed by atoms with Gasteiger partial charge in [0.1, 0.15) is 5.82 Å². The Morgan fingerprint density at radius 3 is 2.60 bits per heavy atom. The first-order chi connectivity index (χ1) is 12.0. The molecule has 2 aromatic rings. The molecule has 2 heterocycles. The van der Waals surface area contributed by atoms with Crippen molar-refractivity contribution in [1.82, 2.24) is 4.98 Å². The number of hydrogen-bond acceptors (Lipinski definition) is 4. The number of anilines is 1. The van der Waals surface area contributed by atoms with Gasteiger partial charge >= 0.3 is 0 Å². The van der Waals surface area contributed by atoms with Crippen LogP contribution in [-0.4, -0.2) is 40.0 Å². The van der Waals surface area contributed by atoms with Gasteiger partial charge in [0.25, 0.3) is 11.2 Å². The molecule has 0 spiro atoms. The van der Waals surface area contributed by atoms with Crippen molar-refractivity contribution in [2.45, 2.75) is 24.8 Å². The van der Waals surface area contributed by atoms with Crippen LogP contribution in [0.15, 0.2) is 48.7 Å². The Kier molecular flexibility index (Phi) is 5.20. The highest BCUT2D eigenvalue weighted by Crippen LogP contribution is 2.30. The number of nitrogens with zero attached hydrogens (tertiary/aromatic N) is 2. The molecule has 3 atom stereocenters. The molecule has 1 aliphatic heterocycles. The fraction of sp³-hybridized carbons (Fsp3) is 0.316. The van der Waals surface area contributed by atoms with Gasteiger partial charge in [0, 0.05) is 17.1 Å². The Morgan fingerprint density at radius 2 is 1.92 bits per heavy atom. The van der Waals surface area contributed by atoms with E-state index in [1.807, 2.05) is 36.6 Å². The van der Waals surface area contributed by atoms with Crippen molar-refractivity contribution in [3.8, 4) is 0 Å². The second-order valence-electron chi connectivity index (χ2n) is 6.20. The quantitative estimate of drug-likeness (QED) is 0.596. The van der Waals surface area contributed by atoms with Crippen LogP contribution in [0.1, 0.15) is 22.8 Å². The Morgan fingerprint density at radius 1 is 1.20 bits per heavy atom. The largest absolute Gasteiger partial charge is 0.849 e. The third kappa shape index (κ3) is 3.60. The minimum absolute atomic E-state index is 0.219. The zero-order valence-corrected chi connectivity index (χ0v) is 15.0. The van der Waals surface area contributed by atoms with Crippen LogP contribution in [0.4, 0.5) is 5.82 Å². The summed E-state index contributed by atoms with van der Waals surface area (Å²) in [5.41, 5.74) is 1.43. The summed E-state index contributed by atoms with van der Waals surface area (Å²) in [4.78, 5) is 31.8. The summed E-state index contributed by atoms with van der Waals surface area (Å²) in [7, 11) is -0.614. The Hall–Kier alpha value is -2.18. The summed E-state index contributed by atoms with van der Waals surface area (Å²) in [5, 5.41) is 10.8. The molecule has 0 bridgehead atoms. The zero-order chi connectivity index (χ0) is 18.0. The lowest BCUT2D eigenvalue weighted by Crippen LogP contribution is -2.53. The van der Waals surface area contributed by atoms with Gasteiger partial charge in [-0.2, -0.15) is 0 Å². The molecule has 25 heavy (non-hydrogen) atoms. The highest BCUT2D eigenvalue weighted by atomic mass is 32.2. The zero-order valence-electron chi connectivity index (χ0n) is 14.2. The Bertz CT molecular complexity index is 779. The third-order valence-electron chi connectivity index (χ3n) is 4.12. The van der Waals surface area contributed by atoms with E-state index in [2.05, 4.69) is 4.98 Å². The van der Waals surface area contributed by atoms with Crippen LogP contribution >= 0.6 is 0 Å². The molecule has 0 N–H and O–H groups in total. The molecule has 130 valence electrons. The molecule has 3 rings (SSSR count). The Labute approximate surface area is 150 Å². The summed E-state index contributed by atoms with van der Waals surface area (Å²) in [6.45, 7) is 1.93. The van der Waals surface area contributed by atoms with Crippen molar-refractivity contribution < 1.29 is 14.7 Å². The number of pyridine rings is 1. The molecule has 1 aromatic heterocycles. The highest BCUT2D eigenvalue weighted by Gasteiger charge is 2.48. The molecule has 0 saturated carbocycles. The van der Waals surface area contributed by atoms with Crippen LogP contribution in [0.3, 0.4) is 0 Å². The Balaban J connectivity index is 2.00. The molecule has 0 aliphatic carbocycles. The predicted octanol–water partition coefficient (Wildman–Crippen LogP) is 1.18. The number of fused-ring (bicyclic) bond motifs is 1. The van der Waals surface area contributed by atoms with Gasteiger partial charge in [-0.1, -0.05) is 43.4 Å². The van der Waals surface area contributed by atoms with Gasteiger partial charge in [0.15, 0.2) is 0 Å². The van der Waals surface area contributed by atoms with Crippen LogP contribution < -0.4 is 10.0 Å². The normalized spacial score (nSPS) is 19.5. The van der Waals surface area contributed by atoms with E-state index in [-0.39, 0.29) is 11.7 Å². The number of hydrogen-bond donors (Lipinski definition) is 0. The number of benzene rings is 1. The van der Waals surface area contributed by atoms with E-state index < -0.39 is 22.2 Å². The van der Waals surface area contributed by atoms with Crippen molar-refractivity contribution in [2.75, 3.05) is 16.9 Å². The molecule has 1 amide bonds. The van der Waals surface area contributed by atoms with E-state index in [0.717, 1.165) is 5.56 Å². The number of aromatic nitrogens is 1. The van der Waals surface area contributed by atoms with Crippen molar-refractivity contribution in [3.63, 3.8) is 0 Å². The van der Waals surface area contributed by atoms with Crippen LogP contribution in [0, 0.1) is 0 Å². The molecular weight excluding hydrogens is 336 g/mol. The van der Waals surface area contributed by atoms with Gasteiger partial charge in [-0.15, -0.1) is 0 Å². The third-order valence-corrected chi connectivity index (χ3v) is 6.34. The lowest BCUT2D eigenvalue weighted by molar-refractivity contribution is -0.406. The van der Waals surface area contributed by atoms with Crippen molar-refractivity contribution in [1.29, 1.82) is 0 Å². The lowest BCUT2D eigenvalue weighted by Gasteiger charge is -2.31. The fourth-order valence-corrected chi connectivity index (χ4v) is 4.94. The molecular formula is C19H20N2O3S. The summed E-state index contributed by atoms with van der Waals surface area (Å²) in [6, 6.07) is 13.0. The number of amides is 1. The smallest absolute Gasteiger partial charge is 0.289 e. The maximum Gasteiger partial charge on any atom is 0.289 e. The summed E-state index contributed by atoms with van der Waals surface area (Å²) >= 11 is 0. The average molecular weight is 356 g/mol. The maximum atomic E-state index is 13.1. The monoisotopic (exact) mass is 356 g/mol. The van der Waals surface area contributed by atoms with Crippen LogP contribution in [0.25, 0.3) is 0 Å². The summed E-state index contributed by atoms with van der Waals surface area (Å²) in [6.07, 6.45) is 2.62. The molecule has 1 aromatic carbocycles. The van der Waals surface area contributed by atoms with Gasteiger partial charge in [-0.3, -0.25) is 14.5 Å². The molecule has 0 radical (unpaired) electrons. The summed E-state index contributed by atoms with van der Waals surface area (Å²) in [5.74, 6) is 0.247. The van der Waals surface area contributed by atoms with Gasteiger partial charge < -0.3 is 5.11 Å². The predicted molar refractivity (Wildman–Crippen MR) is 97.6 cm³/mol. The second kappa shape index (κ2) is 7.37. The first kappa shape index (κ1) is 17.6. The van der Waals surface area contributed by atoms with Crippen LogP contribution in [0.2, 0.25) is 0 Å². The minimum atomic E-state index is -0.799. The molecule has 0 saturated heterocycles. The average Bonchev–Trinajstić information content (AvgIpc) is 2.59. The van der Waals surface area contributed by atoms with Gasteiger partial charge in [-0.25, -0.2) is 4.98 Å². The number of ketones is 1. The number of carbonyl (C=O) groups is 2. The maximum absolute atomic E-state index is 13.1. The van der Waals surface area contributed by atoms with Crippen LogP contribution in [-0.2, 0) is 22.2 Å². The summed E-state index contributed by atoms with van der Waals surface area (Å²) < 4.78 is 0. The van der Waals surface area contributed by atoms with Gasteiger partial charge in [0.2, 0.25) is 5.78 Å². The molecule has 0 fully saturated rings. The molecule has 1 aliphatic rings. The van der Waals surface area contributed by atoms with E-state index in [0.29, 0.717) is 23.7 Å². The number of rotatable bonds is 5. The van der Waals surface area contributed by atoms with E-state index in [4.69, 9.17) is 0 Å². The first-order valence-corrected chi connectivity index (χ1v) is 9.97. The SMILES string of the molecule is CC([O-])C[S+](C)C1C(=O)c2cccnc2N(Cc2ccccc2)C1=O. The van der Waals surface area contributed by atoms with Crippen molar-refractivity contribution >= 4 is 28.4 Å². The highest BCUT2D eigenvalue weighted by molar-refractivity contribution is 7.98. The van der Waals surface area contributed by atoms with E-state index >= 15 is 0 Å². The van der Waals surface area contributed by atoms with E-state index in [1.54, 1.807) is 30.2 Å². The van der Waals surface area contributed by atoms with E-state index in [9.17, 15) is 14.7 Å². The van der Waals surface area contributed by atoms with Gasteiger partial charge in [0.05, 0.1) is 24.1 Å². The number of carbonyl (C=O) groups excluding carboxylic acids is 2. The lowest BCUT2D eigenvalue weighted by atomic mass is 10.0. The molecule has 3 unspecified atom stereocenters. The standard InChI is InChI=1S/C19H20N2O3S/c1-13(22)12-25(2)17-16(23)15-9-6-10-20-18(15)21(19(17)24)11-14-7-4-3-5-8-14/h3-10,13,17H,11-12H2,1-2H3. The van der Waals surface area contributed by atoms with Gasteiger partial charge in [-0.05, 0) is 17.7 Å². The number of Topliss-reactive ketones (excluding diaryl/α,β-unsaturated/α-hetero) is 1.